The van der Waals surface area contributed by atoms with Crippen LogP contribution >= 0.6 is 0 Å². The molecule has 0 aromatic heterocycles. The summed E-state index contributed by atoms with van der Waals surface area (Å²) in [5, 5.41) is 13.8. The highest BCUT2D eigenvalue weighted by Crippen LogP contribution is 2.29. The van der Waals surface area contributed by atoms with E-state index in [1.807, 2.05) is 36.4 Å². The van der Waals surface area contributed by atoms with E-state index in [4.69, 9.17) is 24.4 Å². The molecule has 0 saturated heterocycles. The Morgan fingerprint density at radius 2 is 1.49 bits per heavy atom. The van der Waals surface area contributed by atoms with Crippen LogP contribution in [0.5, 0.6) is 5.75 Å². The molecule has 2 amide bonds. The van der Waals surface area contributed by atoms with Gasteiger partial charge in [0.15, 0.2) is 0 Å². The highest BCUT2D eigenvalue weighted by Gasteiger charge is 2.30. The van der Waals surface area contributed by atoms with Crippen LogP contribution in [0.25, 0.3) is 11.1 Å². The summed E-state index contributed by atoms with van der Waals surface area (Å²) in [6, 6.07) is 21.5. The Labute approximate surface area is 274 Å². The molecule has 1 aliphatic carbocycles. The number of ether oxygens (including phenoxy) is 4. The molecule has 0 bridgehead atoms. The zero-order chi connectivity index (χ0) is 34.0. The molecule has 3 aromatic carbocycles. The van der Waals surface area contributed by atoms with Crippen LogP contribution in [-0.2, 0) is 30.4 Å². The van der Waals surface area contributed by atoms with Gasteiger partial charge in [0.1, 0.15) is 18.2 Å². The zero-order valence-electron chi connectivity index (χ0n) is 27.1. The van der Waals surface area contributed by atoms with E-state index < -0.39 is 30.2 Å². The Bertz CT molecular complexity index is 1570. The van der Waals surface area contributed by atoms with Crippen molar-refractivity contribution in [3.63, 3.8) is 0 Å². The van der Waals surface area contributed by atoms with Gasteiger partial charge in [0, 0.05) is 11.6 Å². The number of hydrogen-bond acceptors (Lipinski definition) is 9. The maximum absolute atomic E-state index is 13.4. The van der Waals surface area contributed by atoms with Crippen LogP contribution in [0, 0.1) is 16.7 Å². The Kier molecular flexibility index (Phi) is 11.7. The smallest absolute Gasteiger partial charge is 0.413 e. The standard InChI is InChI=1S/C36H41N3O8/c1-36(2,3)34(42)47-22-46-33(41)26-14-17-28(18-15-26)38-32(40)29-20-27(16-19-30(29)44-4)24-10-12-25(13-11-24)31(37)39-35(43)45-21-23-8-6-5-7-9-23/h5-13,16,19-20,26,28H,14-15,17-18,21-22H2,1-4H3,(H,38,40)(H2,37,39,43). The van der Waals surface area contributed by atoms with Crippen LogP contribution in [0.2, 0.25) is 0 Å². The minimum absolute atomic E-state index is 0.0973. The van der Waals surface area contributed by atoms with Crippen LogP contribution in [0.15, 0.2) is 72.8 Å². The quantitative estimate of drug-likeness (QED) is 0.105. The summed E-state index contributed by atoms with van der Waals surface area (Å²) in [7, 11) is 1.50. The van der Waals surface area contributed by atoms with Gasteiger partial charge in [-0.3, -0.25) is 25.1 Å². The molecule has 0 heterocycles. The zero-order valence-corrected chi connectivity index (χ0v) is 27.1. The molecule has 0 spiro atoms. The predicted molar refractivity (Wildman–Crippen MR) is 175 cm³/mol. The van der Waals surface area contributed by atoms with Crippen LogP contribution in [0.3, 0.4) is 0 Å². The molecule has 4 rings (SSSR count). The first-order chi connectivity index (χ1) is 22.4. The molecule has 47 heavy (non-hydrogen) atoms. The van der Waals surface area contributed by atoms with Crippen molar-refractivity contribution in [1.29, 1.82) is 5.41 Å². The molecule has 0 unspecified atom stereocenters. The lowest BCUT2D eigenvalue weighted by Gasteiger charge is -2.28. The number of rotatable bonds is 10. The van der Waals surface area contributed by atoms with Crippen LogP contribution < -0.4 is 15.4 Å². The first-order valence-corrected chi connectivity index (χ1v) is 15.4. The third-order valence-electron chi connectivity index (χ3n) is 7.79. The molecule has 1 aliphatic rings. The lowest BCUT2D eigenvalue weighted by molar-refractivity contribution is -0.176. The Balaban J connectivity index is 1.29. The van der Waals surface area contributed by atoms with Gasteiger partial charge in [-0.15, -0.1) is 0 Å². The fourth-order valence-electron chi connectivity index (χ4n) is 5.04. The van der Waals surface area contributed by atoms with Crippen LogP contribution in [0.1, 0.15) is 67.9 Å². The highest BCUT2D eigenvalue weighted by molar-refractivity contribution is 6.04. The molecule has 0 aliphatic heterocycles. The van der Waals surface area contributed by atoms with Crippen molar-refractivity contribution in [2.45, 2.75) is 59.1 Å². The normalized spacial score (nSPS) is 15.9. The molecule has 11 nitrogen and oxygen atoms in total. The molecule has 11 heteroatoms. The van der Waals surface area contributed by atoms with Crippen molar-refractivity contribution in [3.05, 3.63) is 89.5 Å². The second-order valence-electron chi connectivity index (χ2n) is 12.3. The number of nitrogens with one attached hydrogen (secondary N) is 3. The van der Waals surface area contributed by atoms with E-state index in [-0.39, 0.29) is 30.3 Å². The number of methoxy groups -OCH3 is 1. The molecule has 3 aromatic rings. The fraction of sp³-hybridized carbons (Fsp3) is 0.361. The second kappa shape index (κ2) is 15.9. The second-order valence-corrected chi connectivity index (χ2v) is 12.3. The Hall–Kier alpha value is -5.19. The fourth-order valence-corrected chi connectivity index (χ4v) is 5.04. The average Bonchev–Trinajstić information content (AvgIpc) is 3.07. The summed E-state index contributed by atoms with van der Waals surface area (Å²) in [6.07, 6.45) is 1.54. The van der Waals surface area contributed by atoms with Crippen molar-refractivity contribution in [2.24, 2.45) is 11.3 Å². The first-order valence-electron chi connectivity index (χ1n) is 15.4. The van der Waals surface area contributed by atoms with E-state index in [9.17, 15) is 19.2 Å². The predicted octanol–water partition coefficient (Wildman–Crippen LogP) is 5.99. The number of amidine groups is 1. The first kappa shape index (κ1) is 34.7. The third kappa shape index (κ3) is 9.90. The number of hydrogen-bond donors (Lipinski definition) is 3. The summed E-state index contributed by atoms with van der Waals surface area (Å²) in [4.78, 5) is 49.9. The van der Waals surface area contributed by atoms with Gasteiger partial charge < -0.3 is 24.3 Å². The summed E-state index contributed by atoms with van der Waals surface area (Å²) in [5.74, 6) is -1.15. The van der Waals surface area contributed by atoms with E-state index in [0.717, 1.165) is 16.7 Å². The summed E-state index contributed by atoms with van der Waals surface area (Å²) >= 11 is 0. The van der Waals surface area contributed by atoms with Gasteiger partial charge in [-0.1, -0.05) is 60.7 Å². The third-order valence-corrected chi connectivity index (χ3v) is 7.79. The molecular formula is C36H41N3O8. The van der Waals surface area contributed by atoms with Crippen LogP contribution in [-0.4, -0.2) is 49.7 Å². The van der Waals surface area contributed by atoms with Gasteiger partial charge in [-0.05, 0) is 75.3 Å². The Morgan fingerprint density at radius 3 is 2.13 bits per heavy atom. The van der Waals surface area contributed by atoms with Crippen molar-refractivity contribution < 1.29 is 38.1 Å². The van der Waals surface area contributed by atoms with E-state index in [1.165, 1.54) is 7.11 Å². The molecule has 0 radical (unpaired) electrons. The summed E-state index contributed by atoms with van der Waals surface area (Å²) in [5.41, 5.74) is 2.59. The van der Waals surface area contributed by atoms with Crippen molar-refractivity contribution in [1.82, 2.24) is 10.6 Å². The van der Waals surface area contributed by atoms with Crippen molar-refractivity contribution >= 4 is 29.8 Å². The van der Waals surface area contributed by atoms with E-state index >= 15 is 0 Å². The summed E-state index contributed by atoms with van der Waals surface area (Å²) in [6.45, 7) is 4.85. The maximum atomic E-state index is 13.4. The monoisotopic (exact) mass is 643 g/mol. The number of benzene rings is 3. The lowest BCUT2D eigenvalue weighted by Crippen LogP contribution is -2.39. The van der Waals surface area contributed by atoms with Gasteiger partial charge in [0.05, 0.1) is 24.0 Å². The number of amides is 2. The van der Waals surface area contributed by atoms with Gasteiger partial charge in [-0.25, -0.2) is 4.79 Å². The minimum atomic E-state index is -0.721. The number of alkyl carbamates (subject to hydrolysis) is 1. The molecule has 1 saturated carbocycles. The van der Waals surface area contributed by atoms with Gasteiger partial charge in [-0.2, -0.15) is 0 Å². The van der Waals surface area contributed by atoms with Gasteiger partial charge in [0.2, 0.25) is 6.79 Å². The Morgan fingerprint density at radius 1 is 0.830 bits per heavy atom. The number of carbonyl (C=O) groups is 4. The van der Waals surface area contributed by atoms with Crippen molar-refractivity contribution in [2.75, 3.05) is 13.9 Å². The molecule has 0 atom stereocenters. The molecule has 1 fully saturated rings. The largest absolute Gasteiger partial charge is 0.496 e. The number of esters is 2. The van der Waals surface area contributed by atoms with Crippen molar-refractivity contribution in [3.8, 4) is 16.9 Å². The minimum Gasteiger partial charge on any atom is -0.496 e. The van der Waals surface area contributed by atoms with Gasteiger partial charge in [0.25, 0.3) is 5.91 Å². The maximum Gasteiger partial charge on any atom is 0.413 e. The average molecular weight is 644 g/mol. The highest BCUT2D eigenvalue weighted by atomic mass is 16.7. The van der Waals surface area contributed by atoms with E-state index in [0.29, 0.717) is 42.6 Å². The summed E-state index contributed by atoms with van der Waals surface area (Å²) < 4.78 is 20.8. The molecule has 248 valence electrons. The van der Waals surface area contributed by atoms with Crippen LogP contribution in [0.4, 0.5) is 4.79 Å². The topological polar surface area (TPSA) is 153 Å². The number of carbonyl (C=O) groups excluding carboxylic acids is 4. The lowest BCUT2D eigenvalue weighted by atomic mass is 9.86. The van der Waals surface area contributed by atoms with E-state index in [2.05, 4.69) is 10.6 Å². The molecule has 3 N–H and O–H groups in total. The van der Waals surface area contributed by atoms with E-state index in [1.54, 1.807) is 57.2 Å². The van der Waals surface area contributed by atoms with Gasteiger partial charge >= 0.3 is 18.0 Å². The SMILES string of the molecule is COc1ccc(-c2ccc(C(=N)NC(=O)OCc3ccccc3)cc2)cc1C(=O)NC1CCC(C(=O)OCOC(=O)C(C)(C)C)CC1. The molecular weight excluding hydrogens is 602 g/mol.